The second kappa shape index (κ2) is 6.02. The highest BCUT2D eigenvalue weighted by atomic mass is 16.1. The molecule has 1 aromatic carbocycles. The molecule has 1 heterocycles. The van der Waals surface area contributed by atoms with Crippen molar-refractivity contribution in [2.45, 2.75) is 13.8 Å². The molecule has 2 aromatic rings. The molecule has 102 valence electrons. The molecule has 0 bridgehead atoms. The first-order valence-corrected chi connectivity index (χ1v) is 6.33. The molecule has 4 heteroatoms. The summed E-state index contributed by atoms with van der Waals surface area (Å²) in [6.45, 7) is 3.86. The van der Waals surface area contributed by atoms with Gasteiger partial charge in [0.05, 0.1) is 0 Å². The maximum Gasteiger partial charge on any atom is 0.249 e. The first kappa shape index (κ1) is 13.8. The summed E-state index contributed by atoms with van der Waals surface area (Å²) in [5.41, 5.74) is 9.16. The smallest absolute Gasteiger partial charge is 0.249 e. The quantitative estimate of drug-likeness (QED) is 0.663. The van der Waals surface area contributed by atoms with Crippen LogP contribution in [-0.2, 0) is 4.79 Å². The zero-order chi connectivity index (χ0) is 14.5. The van der Waals surface area contributed by atoms with Crippen molar-refractivity contribution in [1.82, 2.24) is 4.98 Å². The Morgan fingerprint density at radius 2 is 1.90 bits per heavy atom. The third-order valence-electron chi connectivity index (χ3n) is 2.71. The fourth-order valence-corrected chi connectivity index (χ4v) is 1.85. The summed E-state index contributed by atoms with van der Waals surface area (Å²) in [5, 5.41) is 2.74. The molecule has 0 fully saturated rings. The average molecular weight is 267 g/mol. The number of nitrogens with two attached hydrogens (primary N) is 1. The van der Waals surface area contributed by atoms with E-state index in [0.29, 0.717) is 11.5 Å². The van der Waals surface area contributed by atoms with E-state index in [1.54, 1.807) is 18.2 Å². The third kappa shape index (κ3) is 3.95. The Hall–Kier alpha value is -2.62. The molecule has 0 aliphatic carbocycles. The van der Waals surface area contributed by atoms with Crippen LogP contribution in [-0.4, -0.2) is 10.9 Å². The fourth-order valence-electron chi connectivity index (χ4n) is 1.85. The Kier molecular flexibility index (Phi) is 4.15. The number of anilines is 2. The molecule has 1 amide bonds. The Morgan fingerprint density at radius 3 is 2.55 bits per heavy atom. The number of pyridine rings is 1. The summed E-state index contributed by atoms with van der Waals surface area (Å²) < 4.78 is 0. The van der Waals surface area contributed by atoms with Crippen LogP contribution in [0.5, 0.6) is 0 Å². The molecule has 0 saturated heterocycles. The lowest BCUT2D eigenvalue weighted by atomic mass is 10.2. The number of hydrogen-bond donors (Lipinski definition) is 2. The predicted octanol–water partition coefficient (Wildman–Crippen LogP) is 2.93. The van der Waals surface area contributed by atoms with Crippen molar-refractivity contribution in [3.63, 3.8) is 0 Å². The van der Waals surface area contributed by atoms with Crippen molar-refractivity contribution in [2.75, 3.05) is 11.1 Å². The van der Waals surface area contributed by atoms with Gasteiger partial charge in [0.1, 0.15) is 5.82 Å². The van der Waals surface area contributed by atoms with Gasteiger partial charge in [0.25, 0.3) is 0 Å². The summed E-state index contributed by atoms with van der Waals surface area (Å²) in [6, 6.07) is 11.1. The number of benzene rings is 1. The Balaban J connectivity index is 2.03. The first-order chi connectivity index (χ1) is 9.52. The lowest BCUT2D eigenvalue weighted by Gasteiger charge is -2.04. The number of carbonyl (C=O) groups excluding carboxylic acids is 1. The number of carbonyl (C=O) groups is 1. The average Bonchev–Trinajstić information content (AvgIpc) is 2.37. The second-order valence-electron chi connectivity index (χ2n) is 4.66. The van der Waals surface area contributed by atoms with Crippen LogP contribution in [0.3, 0.4) is 0 Å². The van der Waals surface area contributed by atoms with Gasteiger partial charge in [0.15, 0.2) is 0 Å². The lowest BCUT2D eigenvalue weighted by Crippen LogP contribution is -2.09. The summed E-state index contributed by atoms with van der Waals surface area (Å²) in [6.07, 6.45) is 3.21. The summed E-state index contributed by atoms with van der Waals surface area (Å²) in [4.78, 5) is 16.1. The summed E-state index contributed by atoms with van der Waals surface area (Å²) >= 11 is 0. The number of rotatable bonds is 3. The topological polar surface area (TPSA) is 68.0 Å². The second-order valence-corrected chi connectivity index (χ2v) is 4.66. The minimum absolute atomic E-state index is 0.209. The van der Waals surface area contributed by atoms with Gasteiger partial charge in [-0.2, -0.15) is 0 Å². The van der Waals surface area contributed by atoms with Crippen molar-refractivity contribution in [3.05, 3.63) is 59.3 Å². The molecule has 4 nitrogen and oxygen atoms in total. The maximum atomic E-state index is 11.8. The van der Waals surface area contributed by atoms with E-state index in [0.717, 1.165) is 16.8 Å². The largest absolute Gasteiger partial charge is 0.399 e. The SMILES string of the molecule is Cc1cc(C)nc(NC(=O)/C=C/c2ccc(N)cc2)c1. The highest BCUT2D eigenvalue weighted by Gasteiger charge is 2.01. The van der Waals surface area contributed by atoms with Crippen LogP contribution in [0.2, 0.25) is 0 Å². The molecule has 0 radical (unpaired) electrons. The molecule has 0 unspecified atom stereocenters. The highest BCUT2D eigenvalue weighted by molar-refractivity contribution is 6.01. The van der Waals surface area contributed by atoms with Gasteiger partial charge in [0, 0.05) is 17.5 Å². The molecular formula is C16H17N3O. The minimum Gasteiger partial charge on any atom is -0.399 e. The monoisotopic (exact) mass is 267 g/mol. The standard InChI is InChI=1S/C16H17N3O/c1-11-9-12(2)18-15(10-11)19-16(20)8-5-13-3-6-14(17)7-4-13/h3-10H,17H2,1-2H3,(H,18,19,20)/b8-5+. The van der Waals surface area contributed by atoms with E-state index in [1.807, 2.05) is 38.1 Å². The van der Waals surface area contributed by atoms with Crippen LogP contribution in [0.15, 0.2) is 42.5 Å². The minimum atomic E-state index is -0.209. The van der Waals surface area contributed by atoms with E-state index in [4.69, 9.17) is 5.73 Å². The molecule has 20 heavy (non-hydrogen) atoms. The number of nitrogens with zero attached hydrogens (tertiary/aromatic N) is 1. The van der Waals surface area contributed by atoms with E-state index in [-0.39, 0.29) is 5.91 Å². The molecule has 0 atom stereocenters. The van der Waals surface area contributed by atoms with E-state index in [2.05, 4.69) is 10.3 Å². The molecular weight excluding hydrogens is 250 g/mol. The molecule has 1 aromatic heterocycles. The predicted molar refractivity (Wildman–Crippen MR) is 82.2 cm³/mol. The third-order valence-corrected chi connectivity index (χ3v) is 2.71. The zero-order valence-corrected chi connectivity index (χ0v) is 11.6. The maximum absolute atomic E-state index is 11.8. The van der Waals surface area contributed by atoms with Gasteiger partial charge < -0.3 is 11.1 Å². The van der Waals surface area contributed by atoms with Gasteiger partial charge in [-0.1, -0.05) is 12.1 Å². The Morgan fingerprint density at radius 1 is 1.20 bits per heavy atom. The van der Waals surface area contributed by atoms with E-state index < -0.39 is 0 Å². The Bertz CT molecular complexity index is 625. The lowest BCUT2D eigenvalue weighted by molar-refractivity contribution is -0.111. The van der Waals surface area contributed by atoms with Crippen LogP contribution in [0.25, 0.3) is 6.08 Å². The van der Waals surface area contributed by atoms with Crippen LogP contribution >= 0.6 is 0 Å². The number of aryl methyl sites for hydroxylation is 2. The molecule has 0 aliphatic heterocycles. The first-order valence-electron chi connectivity index (χ1n) is 6.33. The summed E-state index contributed by atoms with van der Waals surface area (Å²) in [7, 11) is 0. The van der Waals surface area contributed by atoms with Crippen molar-refractivity contribution in [3.8, 4) is 0 Å². The number of nitrogen functional groups attached to an aromatic ring is 1. The molecule has 0 spiro atoms. The van der Waals surface area contributed by atoms with Crippen LogP contribution in [0.1, 0.15) is 16.8 Å². The summed E-state index contributed by atoms with van der Waals surface area (Å²) in [5.74, 6) is 0.355. The van der Waals surface area contributed by atoms with Gasteiger partial charge in [-0.25, -0.2) is 4.98 Å². The van der Waals surface area contributed by atoms with E-state index in [9.17, 15) is 4.79 Å². The van der Waals surface area contributed by atoms with Crippen LogP contribution in [0.4, 0.5) is 11.5 Å². The number of nitrogens with one attached hydrogen (secondary N) is 1. The van der Waals surface area contributed by atoms with Crippen molar-refractivity contribution >= 4 is 23.5 Å². The molecule has 2 rings (SSSR count). The van der Waals surface area contributed by atoms with Crippen molar-refractivity contribution < 1.29 is 4.79 Å². The fraction of sp³-hybridized carbons (Fsp3) is 0.125. The van der Waals surface area contributed by atoms with Gasteiger partial charge in [-0.15, -0.1) is 0 Å². The van der Waals surface area contributed by atoms with Gasteiger partial charge in [0.2, 0.25) is 5.91 Å². The number of aromatic nitrogens is 1. The van der Waals surface area contributed by atoms with Crippen LogP contribution in [0, 0.1) is 13.8 Å². The zero-order valence-electron chi connectivity index (χ0n) is 11.6. The van der Waals surface area contributed by atoms with E-state index in [1.165, 1.54) is 6.08 Å². The van der Waals surface area contributed by atoms with Gasteiger partial charge in [-0.05, 0) is 55.3 Å². The van der Waals surface area contributed by atoms with Crippen molar-refractivity contribution in [1.29, 1.82) is 0 Å². The van der Waals surface area contributed by atoms with Gasteiger partial charge in [-0.3, -0.25) is 4.79 Å². The number of amides is 1. The Labute approximate surface area is 118 Å². The molecule has 0 aliphatic rings. The van der Waals surface area contributed by atoms with Gasteiger partial charge >= 0.3 is 0 Å². The van der Waals surface area contributed by atoms with Crippen molar-refractivity contribution in [2.24, 2.45) is 0 Å². The molecule has 3 N–H and O–H groups in total. The van der Waals surface area contributed by atoms with E-state index >= 15 is 0 Å². The molecule has 0 saturated carbocycles. The number of hydrogen-bond acceptors (Lipinski definition) is 3. The highest BCUT2D eigenvalue weighted by Crippen LogP contribution is 2.10. The normalized spacial score (nSPS) is 10.7. The van der Waals surface area contributed by atoms with Crippen LogP contribution < -0.4 is 11.1 Å².